The zero-order valence-electron chi connectivity index (χ0n) is 33.4. The van der Waals surface area contributed by atoms with Crippen molar-refractivity contribution in [1.29, 1.82) is 0 Å². The van der Waals surface area contributed by atoms with E-state index in [4.69, 9.17) is 14.5 Å². The fourth-order valence-electron chi connectivity index (χ4n) is 8.17. The van der Waals surface area contributed by atoms with Gasteiger partial charge in [0.1, 0.15) is 41.0 Å². The molecule has 0 unspecified atom stereocenters. The summed E-state index contributed by atoms with van der Waals surface area (Å²) >= 11 is 0. The molecule has 316 valence electrons. The smallest absolute Gasteiger partial charge is 0.408 e. The predicted octanol–water partition coefficient (Wildman–Crippen LogP) is 4.43. The van der Waals surface area contributed by atoms with Gasteiger partial charge in [-0.3, -0.25) is 19.1 Å². The van der Waals surface area contributed by atoms with Gasteiger partial charge < -0.3 is 35.2 Å². The lowest BCUT2D eigenvalue weighted by Crippen LogP contribution is -2.58. The highest BCUT2D eigenvalue weighted by atomic mass is 32.2. The number of carbonyl (C=O) groups is 4. The Morgan fingerprint density at radius 3 is 2.33 bits per heavy atom. The third-order valence-corrected chi connectivity index (χ3v) is 13.3. The Balaban J connectivity index is 1.18. The van der Waals surface area contributed by atoms with E-state index in [0.717, 1.165) is 51.6 Å². The standard InChI is InChI=1S/C40H55FN8O8S/c1-39(2,3)57-38(53)43-30-12-8-6-4-5-7-11-25-23-40(25,36(52)47-58(54,55)29-17-18-29)46-34(50)31-21-28(24-49(31)35(30)51)56-33-22-32(48-19-9-10-20-48)44-37(45-33)42-27-15-13-26(41)14-16-27/h13-16,22,25,28-31H,4-12,17-21,23-24H2,1-3H3,(H,43,53)(H,46,50)(H,47,52)(H,42,44,45)/t25-,28-,30+,31+,40-/m1/s1. The number of hydrogen-bond acceptors (Lipinski definition) is 12. The van der Waals surface area contributed by atoms with Gasteiger partial charge in [-0.2, -0.15) is 9.97 Å². The van der Waals surface area contributed by atoms with E-state index in [1.54, 1.807) is 39.0 Å². The summed E-state index contributed by atoms with van der Waals surface area (Å²) in [5.74, 6) is -1.53. The fourth-order valence-corrected chi connectivity index (χ4v) is 9.54. The van der Waals surface area contributed by atoms with Gasteiger partial charge in [-0.15, -0.1) is 0 Å². The third-order valence-electron chi connectivity index (χ3n) is 11.4. The first-order valence-electron chi connectivity index (χ1n) is 20.6. The summed E-state index contributed by atoms with van der Waals surface area (Å²) in [4.78, 5) is 68.7. The van der Waals surface area contributed by atoms with Crippen molar-refractivity contribution in [1.82, 2.24) is 30.2 Å². The average Bonchev–Trinajstić information content (AvgIpc) is 4.02. The molecule has 0 bridgehead atoms. The molecule has 2 aliphatic carbocycles. The lowest BCUT2D eigenvalue weighted by atomic mass is 10.0. The number of fused-ring (bicyclic) bond motifs is 2. The summed E-state index contributed by atoms with van der Waals surface area (Å²) in [6.45, 7) is 6.69. The number of benzene rings is 1. The maximum atomic E-state index is 14.6. The highest BCUT2D eigenvalue weighted by Gasteiger charge is 2.62. The first kappa shape index (κ1) is 41.4. The number of hydrogen-bond donors (Lipinski definition) is 4. The van der Waals surface area contributed by atoms with Crippen LogP contribution >= 0.6 is 0 Å². The number of alkyl carbamates (subject to hydrolysis) is 1. The quantitative estimate of drug-likeness (QED) is 0.278. The van der Waals surface area contributed by atoms with E-state index in [-0.39, 0.29) is 42.9 Å². The molecule has 4 amide bonds. The van der Waals surface area contributed by atoms with Crippen LogP contribution in [0.5, 0.6) is 5.88 Å². The predicted molar refractivity (Wildman–Crippen MR) is 212 cm³/mol. The van der Waals surface area contributed by atoms with Crippen LogP contribution in [0.1, 0.15) is 104 Å². The Hall–Kier alpha value is -4.74. The number of nitrogens with zero attached hydrogens (tertiary/aromatic N) is 4. The minimum absolute atomic E-state index is 0.0171. The highest BCUT2D eigenvalue weighted by Crippen LogP contribution is 2.48. The molecule has 5 aliphatic rings. The van der Waals surface area contributed by atoms with Gasteiger partial charge >= 0.3 is 6.09 Å². The Bertz CT molecular complexity index is 1970. The maximum Gasteiger partial charge on any atom is 0.408 e. The zero-order valence-corrected chi connectivity index (χ0v) is 34.2. The topological polar surface area (TPSA) is 201 Å². The Morgan fingerprint density at radius 1 is 0.948 bits per heavy atom. The van der Waals surface area contributed by atoms with Crippen molar-refractivity contribution in [3.05, 3.63) is 36.1 Å². The summed E-state index contributed by atoms with van der Waals surface area (Å²) in [6.07, 6.45) is 6.57. The number of ether oxygens (including phenoxy) is 2. The lowest BCUT2D eigenvalue weighted by Gasteiger charge is -2.30. The second-order valence-electron chi connectivity index (χ2n) is 17.3. The van der Waals surface area contributed by atoms with Gasteiger partial charge in [-0.25, -0.2) is 17.6 Å². The molecule has 0 spiro atoms. The molecule has 16 nitrogen and oxygen atoms in total. The molecule has 5 fully saturated rings. The second-order valence-corrected chi connectivity index (χ2v) is 19.2. The van der Waals surface area contributed by atoms with Crippen LogP contribution in [-0.2, 0) is 29.1 Å². The van der Waals surface area contributed by atoms with Crippen molar-refractivity contribution in [2.45, 2.75) is 139 Å². The van der Waals surface area contributed by atoms with Crippen molar-refractivity contribution >= 4 is 51.3 Å². The highest BCUT2D eigenvalue weighted by molar-refractivity contribution is 7.91. The summed E-state index contributed by atoms with van der Waals surface area (Å²) in [5, 5.41) is 8.16. The molecule has 4 N–H and O–H groups in total. The molecule has 7 rings (SSSR count). The molecule has 3 saturated heterocycles. The van der Waals surface area contributed by atoms with E-state index in [0.29, 0.717) is 43.6 Å². The van der Waals surface area contributed by atoms with Gasteiger partial charge in [-0.1, -0.05) is 32.1 Å². The monoisotopic (exact) mass is 826 g/mol. The molecule has 1 aromatic heterocycles. The van der Waals surface area contributed by atoms with E-state index < -0.39 is 68.4 Å². The number of aromatic nitrogens is 2. The first-order chi connectivity index (χ1) is 27.6. The molecule has 58 heavy (non-hydrogen) atoms. The number of sulfonamides is 1. The van der Waals surface area contributed by atoms with E-state index in [1.165, 1.54) is 17.0 Å². The van der Waals surface area contributed by atoms with Gasteiger partial charge in [0.25, 0.3) is 5.91 Å². The number of rotatable bonds is 9. The summed E-state index contributed by atoms with van der Waals surface area (Å²) < 4.78 is 53.7. The number of anilines is 3. The molecule has 5 atom stereocenters. The minimum Gasteiger partial charge on any atom is -0.472 e. The summed E-state index contributed by atoms with van der Waals surface area (Å²) in [5.41, 5.74) is -1.70. The molecule has 0 radical (unpaired) electrons. The molecule has 4 heterocycles. The molecule has 1 aromatic carbocycles. The van der Waals surface area contributed by atoms with Crippen LogP contribution in [0, 0.1) is 11.7 Å². The van der Waals surface area contributed by atoms with Crippen LogP contribution in [0.4, 0.5) is 26.6 Å². The van der Waals surface area contributed by atoms with E-state index >= 15 is 0 Å². The van der Waals surface area contributed by atoms with Gasteiger partial charge in [0, 0.05) is 31.3 Å². The second kappa shape index (κ2) is 16.9. The number of amides is 4. The SMILES string of the molecule is CC(C)(C)OC(=O)N[C@H]1CCCCCCC[C@@H]2C[C@@]2(C(=O)NS(=O)(=O)C2CC2)NC(=O)[C@@H]2C[C@@H](Oc3cc(N4CCCC4)nc(Nc4ccc(F)cc4)n3)CN2C1=O. The summed E-state index contributed by atoms with van der Waals surface area (Å²) in [6, 6.07) is 5.33. The van der Waals surface area contributed by atoms with E-state index in [1.807, 2.05) is 0 Å². The van der Waals surface area contributed by atoms with E-state index in [9.17, 15) is 32.0 Å². The van der Waals surface area contributed by atoms with Crippen LogP contribution in [0.2, 0.25) is 0 Å². The van der Waals surface area contributed by atoms with Gasteiger partial charge in [-0.05, 0) is 95.9 Å². The van der Waals surface area contributed by atoms with E-state index in [2.05, 4.69) is 30.6 Å². The first-order valence-corrected chi connectivity index (χ1v) is 22.1. The van der Waals surface area contributed by atoms with Crippen molar-refractivity contribution in [3.63, 3.8) is 0 Å². The van der Waals surface area contributed by atoms with Crippen molar-refractivity contribution in [2.24, 2.45) is 5.92 Å². The number of halogens is 1. The summed E-state index contributed by atoms with van der Waals surface area (Å²) in [7, 11) is -3.89. The van der Waals surface area contributed by atoms with Crippen molar-refractivity contribution in [2.75, 3.05) is 29.9 Å². The number of carbonyl (C=O) groups excluding carboxylic acids is 4. The Kier molecular flexibility index (Phi) is 12.0. The molecule has 2 saturated carbocycles. The minimum atomic E-state index is -3.89. The molecule has 3 aliphatic heterocycles. The van der Waals surface area contributed by atoms with Gasteiger partial charge in [0.2, 0.25) is 33.7 Å². The maximum absolute atomic E-state index is 14.6. The van der Waals surface area contributed by atoms with Crippen molar-refractivity contribution < 1.29 is 41.5 Å². The molecular weight excluding hydrogens is 772 g/mol. The van der Waals surface area contributed by atoms with Crippen LogP contribution in [-0.4, -0.2) is 101 Å². The zero-order chi connectivity index (χ0) is 41.2. The van der Waals surface area contributed by atoms with Crippen molar-refractivity contribution in [3.8, 4) is 5.88 Å². The van der Waals surface area contributed by atoms with Crippen LogP contribution in [0.25, 0.3) is 0 Å². The fraction of sp³-hybridized carbons (Fsp3) is 0.650. The largest absolute Gasteiger partial charge is 0.472 e. The Labute approximate surface area is 338 Å². The molecular formula is C40H55FN8O8S. The molecule has 18 heteroatoms. The molecule has 2 aromatic rings. The van der Waals surface area contributed by atoms with Crippen LogP contribution in [0.15, 0.2) is 30.3 Å². The van der Waals surface area contributed by atoms with Gasteiger partial charge in [0.15, 0.2) is 0 Å². The normalized spacial score (nSPS) is 27.0. The Morgan fingerprint density at radius 2 is 1.64 bits per heavy atom. The average molecular weight is 827 g/mol. The third kappa shape index (κ3) is 10.1. The van der Waals surface area contributed by atoms with Gasteiger partial charge in [0.05, 0.1) is 11.8 Å². The van der Waals surface area contributed by atoms with Crippen LogP contribution < -0.4 is 30.3 Å². The lowest BCUT2D eigenvalue weighted by molar-refractivity contribution is -0.141. The van der Waals surface area contributed by atoms with Crippen LogP contribution in [0.3, 0.4) is 0 Å². The number of nitrogens with one attached hydrogen (secondary N) is 4.